The van der Waals surface area contributed by atoms with Gasteiger partial charge in [0.1, 0.15) is 6.54 Å². The molecule has 0 aliphatic carbocycles. The van der Waals surface area contributed by atoms with E-state index in [1.807, 2.05) is 6.07 Å². The van der Waals surface area contributed by atoms with Gasteiger partial charge in [-0.3, -0.25) is 9.48 Å². The normalized spacial score (nSPS) is 10.8. The molecule has 0 spiro atoms. The Labute approximate surface area is 110 Å². The maximum absolute atomic E-state index is 11.4. The number of thioether (sulfide) groups is 1. The maximum atomic E-state index is 11.4. The molecule has 0 aliphatic rings. The summed E-state index contributed by atoms with van der Waals surface area (Å²) in [4.78, 5) is 12.7. The van der Waals surface area contributed by atoms with Crippen molar-refractivity contribution in [3.05, 3.63) is 24.4 Å². The van der Waals surface area contributed by atoms with Crippen LogP contribution in [0, 0.1) is 0 Å². The smallest absolute Gasteiger partial charge is 0.327 e. The summed E-state index contributed by atoms with van der Waals surface area (Å²) >= 11 is 1.79. The monoisotopic (exact) mass is 264 g/mol. The van der Waals surface area contributed by atoms with Gasteiger partial charge in [0.25, 0.3) is 0 Å². The van der Waals surface area contributed by atoms with Gasteiger partial charge in [-0.25, -0.2) is 0 Å². The number of esters is 1. The molecule has 0 amide bonds. The molecular weight excluding hydrogens is 248 g/mol. The molecule has 4 nitrogen and oxygen atoms in total. The molecule has 0 unspecified atom stereocenters. The third-order valence-corrected chi connectivity index (χ3v) is 3.38. The van der Waals surface area contributed by atoms with Crippen LogP contribution in [0.1, 0.15) is 13.8 Å². The molecule has 0 fully saturated rings. The van der Waals surface area contributed by atoms with Crippen LogP contribution in [0.3, 0.4) is 0 Å². The molecule has 96 valence electrons. The van der Waals surface area contributed by atoms with Gasteiger partial charge < -0.3 is 4.74 Å². The van der Waals surface area contributed by atoms with Gasteiger partial charge in [-0.1, -0.05) is 6.92 Å². The highest BCUT2D eigenvalue weighted by atomic mass is 32.2. The lowest BCUT2D eigenvalue weighted by Gasteiger charge is -2.04. The number of fused-ring (bicyclic) bond motifs is 1. The van der Waals surface area contributed by atoms with Gasteiger partial charge in [0.15, 0.2) is 0 Å². The van der Waals surface area contributed by atoms with Gasteiger partial charge in [-0.2, -0.15) is 5.10 Å². The van der Waals surface area contributed by atoms with Crippen molar-refractivity contribution in [1.82, 2.24) is 9.78 Å². The topological polar surface area (TPSA) is 44.1 Å². The molecule has 0 saturated carbocycles. The minimum Gasteiger partial charge on any atom is -0.465 e. The van der Waals surface area contributed by atoms with Crippen molar-refractivity contribution in [3.63, 3.8) is 0 Å². The molecule has 0 N–H and O–H groups in total. The summed E-state index contributed by atoms with van der Waals surface area (Å²) in [5.41, 5.74) is 0.962. The molecule has 1 aromatic carbocycles. The molecule has 0 radical (unpaired) electrons. The largest absolute Gasteiger partial charge is 0.465 e. The summed E-state index contributed by atoms with van der Waals surface area (Å²) in [5, 5.41) is 5.28. The number of rotatable bonds is 5. The van der Waals surface area contributed by atoms with E-state index < -0.39 is 0 Å². The van der Waals surface area contributed by atoms with E-state index in [1.165, 1.54) is 4.90 Å². The van der Waals surface area contributed by atoms with Crippen molar-refractivity contribution in [3.8, 4) is 0 Å². The van der Waals surface area contributed by atoms with Crippen molar-refractivity contribution in [2.45, 2.75) is 25.3 Å². The summed E-state index contributed by atoms with van der Waals surface area (Å²) in [6, 6.07) is 6.15. The van der Waals surface area contributed by atoms with Gasteiger partial charge >= 0.3 is 5.97 Å². The fraction of sp³-hybridized carbons (Fsp3) is 0.385. The highest BCUT2D eigenvalue weighted by Crippen LogP contribution is 2.23. The lowest BCUT2D eigenvalue weighted by molar-refractivity contribution is -0.143. The van der Waals surface area contributed by atoms with Crippen LogP contribution in [0.4, 0.5) is 0 Å². The van der Waals surface area contributed by atoms with Crippen LogP contribution in [0.5, 0.6) is 0 Å². The minimum atomic E-state index is -0.255. The molecule has 0 saturated heterocycles. The van der Waals surface area contributed by atoms with E-state index in [0.29, 0.717) is 6.61 Å². The van der Waals surface area contributed by atoms with Gasteiger partial charge in [-0.15, -0.1) is 11.8 Å². The Morgan fingerprint density at radius 1 is 1.44 bits per heavy atom. The molecule has 0 bridgehead atoms. The molecule has 0 atom stereocenters. The van der Waals surface area contributed by atoms with E-state index >= 15 is 0 Å². The van der Waals surface area contributed by atoms with Crippen molar-refractivity contribution < 1.29 is 9.53 Å². The molecule has 2 rings (SSSR count). The summed E-state index contributed by atoms with van der Waals surface area (Å²) in [6.45, 7) is 4.49. The Balaban J connectivity index is 2.23. The van der Waals surface area contributed by atoms with Crippen LogP contribution in [0.15, 0.2) is 29.3 Å². The summed E-state index contributed by atoms with van der Waals surface area (Å²) in [5.74, 6) is 0.789. The maximum Gasteiger partial charge on any atom is 0.327 e. The Hall–Kier alpha value is -1.49. The van der Waals surface area contributed by atoms with Crippen LogP contribution >= 0.6 is 11.8 Å². The highest BCUT2D eigenvalue weighted by molar-refractivity contribution is 7.99. The van der Waals surface area contributed by atoms with E-state index in [0.717, 1.165) is 16.7 Å². The summed E-state index contributed by atoms with van der Waals surface area (Å²) in [6.07, 6.45) is 1.79. The standard InChI is InChI=1S/C13H16N2O2S/c1-3-17-13(16)9-15-12-6-5-11(18-4-2)7-10(12)8-14-15/h5-8H,3-4,9H2,1-2H3. The number of carbonyl (C=O) groups is 1. The molecular formula is C13H16N2O2S. The Kier molecular flexibility index (Phi) is 4.25. The first kappa shape index (κ1) is 13.0. The number of hydrogen-bond donors (Lipinski definition) is 0. The van der Waals surface area contributed by atoms with E-state index in [2.05, 4.69) is 24.2 Å². The van der Waals surface area contributed by atoms with Crippen LogP contribution in [-0.4, -0.2) is 28.1 Å². The zero-order valence-corrected chi connectivity index (χ0v) is 11.4. The molecule has 0 aliphatic heterocycles. The third-order valence-electron chi connectivity index (χ3n) is 2.51. The minimum absolute atomic E-state index is 0.164. The molecule has 1 heterocycles. The third kappa shape index (κ3) is 2.85. The Morgan fingerprint density at radius 2 is 2.28 bits per heavy atom. The zero-order valence-electron chi connectivity index (χ0n) is 10.5. The average Bonchev–Trinajstić information content (AvgIpc) is 2.73. The second kappa shape index (κ2) is 5.91. The van der Waals surface area contributed by atoms with Crippen LogP contribution in [-0.2, 0) is 16.1 Å². The number of benzene rings is 1. The first-order valence-electron chi connectivity index (χ1n) is 5.98. The first-order valence-corrected chi connectivity index (χ1v) is 6.97. The lowest BCUT2D eigenvalue weighted by atomic mass is 10.2. The van der Waals surface area contributed by atoms with E-state index in [4.69, 9.17) is 4.74 Å². The summed E-state index contributed by atoms with van der Waals surface area (Å²) in [7, 11) is 0. The highest BCUT2D eigenvalue weighted by Gasteiger charge is 2.08. The van der Waals surface area contributed by atoms with Crippen molar-refractivity contribution in [1.29, 1.82) is 0 Å². The second-order valence-electron chi connectivity index (χ2n) is 3.76. The van der Waals surface area contributed by atoms with E-state index in [9.17, 15) is 4.79 Å². The van der Waals surface area contributed by atoms with E-state index in [-0.39, 0.29) is 12.5 Å². The fourth-order valence-electron chi connectivity index (χ4n) is 1.78. The average molecular weight is 264 g/mol. The SMILES string of the molecule is CCOC(=O)Cn1ncc2cc(SCC)ccc21. The van der Waals surface area contributed by atoms with Crippen molar-refractivity contribution in [2.75, 3.05) is 12.4 Å². The lowest BCUT2D eigenvalue weighted by Crippen LogP contribution is -2.14. The number of hydrogen-bond acceptors (Lipinski definition) is 4. The molecule has 5 heteroatoms. The Bertz CT molecular complexity index is 551. The van der Waals surface area contributed by atoms with Crippen LogP contribution < -0.4 is 0 Å². The number of carbonyl (C=O) groups excluding carboxylic acids is 1. The predicted molar refractivity (Wildman–Crippen MR) is 72.8 cm³/mol. The fourth-order valence-corrected chi connectivity index (χ4v) is 2.48. The number of ether oxygens (including phenoxy) is 1. The quantitative estimate of drug-likeness (QED) is 0.615. The zero-order chi connectivity index (χ0) is 13.0. The Morgan fingerprint density at radius 3 is 3.00 bits per heavy atom. The second-order valence-corrected chi connectivity index (χ2v) is 5.10. The van der Waals surface area contributed by atoms with Gasteiger partial charge in [0, 0.05) is 10.3 Å². The predicted octanol–water partition coefficient (Wildman–Crippen LogP) is 2.71. The van der Waals surface area contributed by atoms with E-state index in [1.54, 1.807) is 29.6 Å². The van der Waals surface area contributed by atoms with Crippen LogP contribution in [0.25, 0.3) is 10.9 Å². The van der Waals surface area contributed by atoms with Crippen molar-refractivity contribution in [2.24, 2.45) is 0 Å². The molecule has 18 heavy (non-hydrogen) atoms. The first-order chi connectivity index (χ1) is 8.74. The van der Waals surface area contributed by atoms with Crippen molar-refractivity contribution >= 4 is 28.6 Å². The molecule has 2 aromatic rings. The summed E-state index contributed by atoms with van der Waals surface area (Å²) < 4.78 is 6.60. The van der Waals surface area contributed by atoms with Crippen LogP contribution in [0.2, 0.25) is 0 Å². The molecule has 1 aromatic heterocycles. The number of nitrogens with zero attached hydrogens (tertiary/aromatic N) is 2. The van der Waals surface area contributed by atoms with Gasteiger partial charge in [-0.05, 0) is 30.9 Å². The van der Waals surface area contributed by atoms with Gasteiger partial charge in [0.2, 0.25) is 0 Å². The van der Waals surface area contributed by atoms with Gasteiger partial charge in [0.05, 0.1) is 18.3 Å². The number of aromatic nitrogens is 2.